The lowest BCUT2D eigenvalue weighted by Gasteiger charge is -2.25. The minimum absolute atomic E-state index is 0.0814. The summed E-state index contributed by atoms with van der Waals surface area (Å²) in [5, 5.41) is 15.4. The summed E-state index contributed by atoms with van der Waals surface area (Å²) in [7, 11) is 0. The Morgan fingerprint density at radius 2 is 2.09 bits per heavy atom. The van der Waals surface area contributed by atoms with E-state index in [1.54, 1.807) is 0 Å². The molecule has 2 N–H and O–H groups in total. The van der Waals surface area contributed by atoms with Crippen molar-refractivity contribution in [1.82, 2.24) is 16.0 Å². The third-order valence-electron chi connectivity index (χ3n) is 4.50. The number of benzene rings is 1. The molecule has 0 saturated carbocycles. The highest BCUT2D eigenvalue weighted by atomic mass is 16.6. The lowest BCUT2D eigenvalue weighted by molar-refractivity contribution is -0.484. The molecule has 2 aromatic rings. The van der Waals surface area contributed by atoms with E-state index in [0.29, 0.717) is 6.42 Å². The normalized spacial score (nSPS) is 24.0. The topological polar surface area (TPSA) is 93.3 Å². The second kappa shape index (κ2) is 6.46. The molecule has 22 heavy (non-hydrogen) atoms. The van der Waals surface area contributed by atoms with Gasteiger partial charge < -0.3 is 4.98 Å². The molecule has 2 radical (unpaired) electrons. The molecule has 2 heterocycles. The Balaban J connectivity index is 1.96. The van der Waals surface area contributed by atoms with Gasteiger partial charge in [0.15, 0.2) is 0 Å². The lowest BCUT2D eigenvalue weighted by Crippen LogP contribution is -2.43. The Bertz CT molecular complexity index is 654. The highest BCUT2D eigenvalue weighted by molar-refractivity contribution is 5.83. The van der Waals surface area contributed by atoms with Gasteiger partial charge >= 0.3 is 0 Å². The number of aromatic nitrogens is 1. The highest BCUT2D eigenvalue weighted by Crippen LogP contribution is 2.31. The maximum absolute atomic E-state index is 11.2. The molecule has 0 spiro atoms. The number of hydrogen-bond acceptors (Lipinski definition) is 3. The van der Waals surface area contributed by atoms with E-state index < -0.39 is 6.17 Å². The van der Waals surface area contributed by atoms with E-state index in [0.717, 1.165) is 35.7 Å². The number of fused-ring (bicyclic) bond motifs is 1. The number of para-hydroxylation sites is 1. The number of nitrogens with zero attached hydrogens (tertiary/aromatic N) is 2. The summed E-state index contributed by atoms with van der Waals surface area (Å²) in [5.74, 6) is -0.251. The number of hydrogen-bond donors (Lipinski definition) is 2. The van der Waals surface area contributed by atoms with Gasteiger partial charge in [0.25, 0.3) is 0 Å². The predicted molar refractivity (Wildman–Crippen MR) is 84.2 cm³/mol. The molecular weight excluding hydrogens is 280 g/mol. The van der Waals surface area contributed by atoms with Crippen molar-refractivity contribution in [3.63, 3.8) is 0 Å². The molecule has 116 valence electrons. The molecule has 0 amide bonds. The van der Waals surface area contributed by atoms with Crippen LogP contribution in [0.2, 0.25) is 0 Å². The fraction of sp³-hybridized carbons (Fsp3) is 0.500. The summed E-state index contributed by atoms with van der Waals surface area (Å²) >= 11 is 0. The van der Waals surface area contributed by atoms with Crippen LogP contribution in [0.25, 0.3) is 10.9 Å². The standard InChI is InChI=1S/C16H20N4O2/c17-16-8-4-3-7-15(19-16)13(10-20(21)22)12-9-18-14-6-2-1-5-11(12)14/h1-2,5-6,9,13,15-16,18-19H,3-4,7-8,10H2. The van der Waals surface area contributed by atoms with Crippen LogP contribution < -0.4 is 11.1 Å². The fourth-order valence-corrected chi connectivity index (χ4v) is 3.44. The zero-order valence-electron chi connectivity index (χ0n) is 12.4. The van der Waals surface area contributed by atoms with Crippen molar-refractivity contribution in [2.24, 2.45) is 0 Å². The van der Waals surface area contributed by atoms with E-state index in [2.05, 4.69) is 10.3 Å². The van der Waals surface area contributed by atoms with E-state index in [1.165, 1.54) is 0 Å². The largest absolute Gasteiger partial charge is 0.361 e. The van der Waals surface area contributed by atoms with Crippen molar-refractivity contribution in [2.75, 3.05) is 6.54 Å². The van der Waals surface area contributed by atoms with E-state index in [-0.39, 0.29) is 23.4 Å². The quantitative estimate of drug-likeness (QED) is 0.671. The third-order valence-corrected chi connectivity index (χ3v) is 4.50. The number of aromatic amines is 1. The van der Waals surface area contributed by atoms with Gasteiger partial charge in [0.2, 0.25) is 6.54 Å². The summed E-state index contributed by atoms with van der Waals surface area (Å²) in [6.45, 7) is -0.133. The summed E-state index contributed by atoms with van der Waals surface area (Å²) in [5.41, 5.74) is 11.9. The van der Waals surface area contributed by atoms with Crippen LogP contribution in [0.15, 0.2) is 30.5 Å². The van der Waals surface area contributed by atoms with E-state index in [4.69, 9.17) is 0 Å². The molecule has 6 heteroatoms. The van der Waals surface area contributed by atoms with Crippen molar-refractivity contribution in [3.05, 3.63) is 46.1 Å². The first kappa shape index (κ1) is 15.0. The fourth-order valence-electron chi connectivity index (χ4n) is 3.44. The van der Waals surface area contributed by atoms with Gasteiger partial charge in [-0.15, -0.1) is 5.73 Å². The van der Waals surface area contributed by atoms with Gasteiger partial charge in [-0.1, -0.05) is 31.0 Å². The van der Waals surface area contributed by atoms with Crippen LogP contribution >= 0.6 is 0 Å². The Morgan fingerprint density at radius 1 is 1.32 bits per heavy atom. The lowest BCUT2D eigenvalue weighted by atomic mass is 9.88. The van der Waals surface area contributed by atoms with E-state index in [9.17, 15) is 15.8 Å². The molecule has 0 aliphatic carbocycles. The average molecular weight is 300 g/mol. The van der Waals surface area contributed by atoms with Crippen LogP contribution in [0.3, 0.4) is 0 Å². The van der Waals surface area contributed by atoms with Crippen molar-refractivity contribution in [3.8, 4) is 0 Å². The van der Waals surface area contributed by atoms with Crippen LogP contribution in [0.1, 0.15) is 37.2 Å². The minimum Gasteiger partial charge on any atom is -0.361 e. The molecule has 1 aliphatic heterocycles. The van der Waals surface area contributed by atoms with Crippen molar-refractivity contribution < 1.29 is 4.92 Å². The monoisotopic (exact) mass is 300 g/mol. The van der Waals surface area contributed by atoms with Gasteiger partial charge in [-0.25, -0.2) is 0 Å². The Morgan fingerprint density at radius 3 is 2.91 bits per heavy atom. The molecule has 1 aromatic heterocycles. The van der Waals surface area contributed by atoms with Gasteiger partial charge in [-0.3, -0.25) is 15.4 Å². The van der Waals surface area contributed by atoms with Gasteiger partial charge in [-0.05, 0) is 24.5 Å². The third kappa shape index (κ3) is 3.13. The number of H-pyrrole nitrogens is 1. The Hall–Kier alpha value is -1.92. The first-order valence-electron chi connectivity index (χ1n) is 7.77. The van der Waals surface area contributed by atoms with Crippen LogP contribution in [-0.2, 0) is 0 Å². The molecular formula is C16H20N4O2. The molecule has 1 fully saturated rings. The second-order valence-corrected chi connectivity index (χ2v) is 5.98. The zero-order chi connectivity index (χ0) is 15.5. The first-order chi connectivity index (χ1) is 10.6. The smallest absolute Gasteiger partial charge is 0.212 e. The molecule has 1 aliphatic rings. The SMILES string of the molecule is [N]C1CCCCC(C(C[N+](=O)[O-])c2c[nH]c3ccccc23)N1. The van der Waals surface area contributed by atoms with E-state index >= 15 is 0 Å². The zero-order valence-corrected chi connectivity index (χ0v) is 12.4. The number of nitro groups is 1. The maximum Gasteiger partial charge on any atom is 0.212 e. The minimum atomic E-state index is -0.577. The molecule has 3 atom stereocenters. The van der Waals surface area contributed by atoms with Gasteiger partial charge in [0, 0.05) is 28.1 Å². The van der Waals surface area contributed by atoms with Crippen LogP contribution in [0.4, 0.5) is 0 Å². The number of rotatable bonds is 4. The summed E-state index contributed by atoms with van der Waals surface area (Å²) in [6, 6.07) is 7.76. The summed E-state index contributed by atoms with van der Waals surface area (Å²) < 4.78 is 0. The predicted octanol–water partition coefficient (Wildman–Crippen LogP) is 2.46. The molecule has 6 nitrogen and oxygen atoms in total. The summed E-state index contributed by atoms with van der Waals surface area (Å²) in [4.78, 5) is 14.1. The first-order valence-corrected chi connectivity index (χ1v) is 7.77. The molecule has 3 rings (SSSR count). The summed E-state index contributed by atoms with van der Waals surface area (Å²) in [6.07, 6.45) is 4.77. The van der Waals surface area contributed by atoms with Gasteiger partial charge in [0.1, 0.15) is 0 Å². The molecule has 0 bridgehead atoms. The van der Waals surface area contributed by atoms with Crippen LogP contribution in [-0.4, -0.2) is 28.7 Å². The molecule has 3 unspecified atom stereocenters. The van der Waals surface area contributed by atoms with E-state index in [1.807, 2.05) is 30.5 Å². The molecule has 1 aromatic carbocycles. The van der Waals surface area contributed by atoms with Crippen LogP contribution in [0, 0.1) is 10.1 Å². The Kier molecular flexibility index (Phi) is 4.40. The van der Waals surface area contributed by atoms with Crippen molar-refractivity contribution in [1.29, 1.82) is 0 Å². The van der Waals surface area contributed by atoms with Gasteiger partial charge in [0.05, 0.1) is 12.1 Å². The highest BCUT2D eigenvalue weighted by Gasteiger charge is 2.32. The van der Waals surface area contributed by atoms with Crippen molar-refractivity contribution >= 4 is 10.9 Å². The van der Waals surface area contributed by atoms with Crippen LogP contribution in [0.5, 0.6) is 0 Å². The second-order valence-electron chi connectivity index (χ2n) is 5.98. The maximum atomic E-state index is 11.2. The molecule has 1 saturated heterocycles. The van der Waals surface area contributed by atoms with Crippen molar-refractivity contribution in [2.45, 2.75) is 43.8 Å². The average Bonchev–Trinajstić information content (AvgIpc) is 2.79. The van der Waals surface area contributed by atoms with Gasteiger partial charge in [-0.2, -0.15) is 0 Å². The Labute approximate surface area is 129 Å². The number of nitrogens with one attached hydrogen (secondary N) is 2.